The summed E-state index contributed by atoms with van der Waals surface area (Å²) in [5.41, 5.74) is 6.62. The molecule has 3 N–H and O–H groups in total. The van der Waals surface area contributed by atoms with Crippen molar-refractivity contribution in [3.05, 3.63) is 102 Å². The first-order valence-electron chi connectivity index (χ1n) is 15.5. The van der Waals surface area contributed by atoms with Crippen LogP contribution in [0.1, 0.15) is 37.7 Å². The highest BCUT2D eigenvalue weighted by molar-refractivity contribution is 6.09. The minimum Gasteiger partial charge on any atom is -0.383 e. The molecule has 0 bridgehead atoms. The van der Waals surface area contributed by atoms with Crippen molar-refractivity contribution < 1.29 is 14.3 Å². The number of hydrogen-bond acceptors (Lipinski definition) is 6. The number of pyridine rings is 1. The summed E-state index contributed by atoms with van der Waals surface area (Å²) in [6.07, 6.45) is 1.76. The van der Waals surface area contributed by atoms with Crippen LogP contribution in [0.4, 0.5) is 16.3 Å². The SMILES string of the molecule is COCCNCCOC.Cc1ccc(-c2ccc(NC(=O)Nc3cc(C(C)(C)C)nn3-c3ccc(C)nc3)c3ccccc23)cc1. The van der Waals surface area contributed by atoms with Crippen LogP contribution in [-0.2, 0) is 14.9 Å². The first-order valence-corrected chi connectivity index (χ1v) is 15.5. The van der Waals surface area contributed by atoms with E-state index in [1.807, 2.05) is 49.4 Å². The molecule has 0 saturated heterocycles. The molecule has 9 nitrogen and oxygen atoms in total. The molecule has 0 saturated carbocycles. The molecule has 2 aromatic heterocycles. The van der Waals surface area contributed by atoms with Crippen LogP contribution in [0.5, 0.6) is 0 Å². The third-order valence-electron chi connectivity index (χ3n) is 7.36. The van der Waals surface area contributed by atoms with E-state index in [2.05, 4.69) is 85.0 Å². The number of anilines is 2. The van der Waals surface area contributed by atoms with Crippen LogP contribution >= 0.6 is 0 Å². The smallest absolute Gasteiger partial charge is 0.324 e. The number of urea groups is 1. The molecule has 3 aromatic carbocycles. The standard InChI is InChI=1S/C31H31N5O.C6H15NO2/c1-20-10-13-22(14-11-20)24-16-17-27(26-9-7-6-8-25(24)26)33-30(37)34-29-18-28(31(3,4)5)35-36(29)23-15-12-21(2)32-19-23;1-8-5-3-7-4-6-9-2/h6-19H,1-5H3,(H2,33,34,37);7H,3-6H2,1-2H3. The maximum atomic E-state index is 13.2. The molecule has 0 aliphatic heterocycles. The van der Waals surface area contributed by atoms with E-state index in [1.165, 1.54) is 5.56 Å². The number of aryl methyl sites for hydroxylation is 2. The third-order valence-corrected chi connectivity index (χ3v) is 7.36. The minimum atomic E-state index is -0.338. The fraction of sp³-hybridized carbons (Fsp3) is 0.324. The van der Waals surface area contributed by atoms with Crippen LogP contribution in [-0.4, -0.2) is 61.3 Å². The summed E-state index contributed by atoms with van der Waals surface area (Å²) >= 11 is 0. The van der Waals surface area contributed by atoms with E-state index in [0.717, 1.165) is 71.0 Å². The Kier molecular flexibility index (Phi) is 12.0. The molecule has 0 fully saturated rings. The van der Waals surface area contributed by atoms with Crippen LogP contribution in [0.2, 0.25) is 0 Å². The molecule has 242 valence electrons. The number of methoxy groups -OCH3 is 2. The van der Waals surface area contributed by atoms with Gasteiger partial charge in [-0.3, -0.25) is 10.3 Å². The van der Waals surface area contributed by atoms with Gasteiger partial charge in [0.15, 0.2) is 0 Å². The topological polar surface area (TPSA) is 102 Å². The van der Waals surface area contributed by atoms with E-state index in [4.69, 9.17) is 14.6 Å². The van der Waals surface area contributed by atoms with Gasteiger partial charge in [-0.05, 0) is 48.6 Å². The maximum Gasteiger partial charge on any atom is 0.324 e. The summed E-state index contributed by atoms with van der Waals surface area (Å²) in [4.78, 5) is 17.6. The maximum absolute atomic E-state index is 13.2. The fourth-order valence-corrected chi connectivity index (χ4v) is 4.76. The van der Waals surface area contributed by atoms with Gasteiger partial charge in [-0.2, -0.15) is 5.10 Å². The lowest BCUT2D eigenvalue weighted by Crippen LogP contribution is -2.23. The second kappa shape index (κ2) is 16.1. The number of rotatable bonds is 10. The lowest BCUT2D eigenvalue weighted by Gasteiger charge is -2.14. The Morgan fingerprint density at radius 2 is 1.50 bits per heavy atom. The van der Waals surface area contributed by atoms with Gasteiger partial charge in [-0.15, -0.1) is 0 Å². The molecule has 2 amide bonds. The molecule has 0 unspecified atom stereocenters. The van der Waals surface area contributed by atoms with E-state index >= 15 is 0 Å². The van der Waals surface area contributed by atoms with Crippen LogP contribution in [0.3, 0.4) is 0 Å². The molecule has 0 spiro atoms. The molecule has 0 aliphatic carbocycles. The van der Waals surface area contributed by atoms with Crippen molar-refractivity contribution in [1.82, 2.24) is 20.1 Å². The molecule has 46 heavy (non-hydrogen) atoms. The first-order chi connectivity index (χ1) is 22.1. The van der Waals surface area contributed by atoms with Gasteiger partial charge < -0.3 is 20.1 Å². The number of amides is 2. The molecule has 5 aromatic rings. The summed E-state index contributed by atoms with van der Waals surface area (Å²) in [6, 6.07) is 26.1. The van der Waals surface area contributed by atoms with E-state index in [9.17, 15) is 4.79 Å². The quantitative estimate of drug-likeness (QED) is 0.139. The van der Waals surface area contributed by atoms with Crippen LogP contribution in [0.25, 0.3) is 27.6 Å². The zero-order chi connectivity index (χ0) is 33.1. The Morgan fingerprint density at radius 3 is 2.11 bits per heavy atom. The summed E-state index contributed by atoms with van der Waals surface area (Å²) in [5.74, 6) is 0.577. The van der Waals surface area contributed by atoms with Gasteiger partial charge in [0.05, 0.1) is 36.5 Å². The average molecular weight is 623 g/mol. The van der Waals surface area contributed by atoms with Gasteiger partial charge in [-0.25, -0.2) is 9.48 Å². The first kappa shape index (κ1) is 34.3. The number of nitrogens with one attached hydrogen (secondary N) is 3. The molecule has 0 aliphatic rings. The monoisotopic (exact) mass is 622 g/mol. The van der Waals surface area contributed by atoms with Crippen LogP contribution in [0.15, 0.2) is 85.1 Å². The number of fused-ring (bicyclic) bond motifs is 1. The molecule has 9 heteroatoms. The molecule has 0 atom stereocenters. The van der Waals surface area contributed by atoms with Crippen molar-refractivity contribution in [2.24, 2.45) is 0 Å². The van der Waals surface area contributed by atoms with Crippen LogP contribution < -0.4 is 16.0 Å². The molecular formula is C37H46N6O3. The summed E-state index contributed by atoms with van der Waals surface area (Å²) < 4.78 is 11.4. The van der Waals surface area contributed by atoms with Crippen molar-refractivity contribution in [2.45, 2.75) is 40.0 Å². The number of benzene rings is 3. The molecule has 5 rings (SSSR count). The Hall–Kier alpha value is -4.57. The van der Waals surface area contributed by atoms with Crippen molar-refractivity contribution in [3.8, 4) is 16.8 Å². The number of aromatic nitrogens is 3. The largest absolute Gasteiger partial charge is 0.383 e. The molecule has 0 radical (unpaired) electrons. The number of nitrogens with zero attached hydrogens (tertiary/aromatic N) is 3. The lowest BCUT2D eigenvalue weighted by molar-refractivity contribution is 0.180. The second-order valence-corrected chi connectivity index (χ2v) is 12.1. The van der Waals surface area contributed by atoms with Gasteiger partial charge >= 0.3 is 6.03 Å². The van der Waals surface area contributed by atoms with E-state index in [-0.39, 0.29) is 11.4 Å². The zero-order valence-corrected chi connectivity index (χ0v) is 28.0. The molecular weight excluding hydrogens is 576 g/mol. The van der Waals surface area contributed by atoms with E-state index < -0.39 is 0 Å². The molecule has 2 heterocycles. The minimum absolute atomic E-state index is 0.182. The number of carbonyl (C=O) groups excluding carboxylic acids is 1. The van der Waals surface area contributed by atoms with Gasteiger partial charge in [0.2, 0.25) is 0 Å². The Bertz CT molecular complexity index is 1700. The second-order valence-electron chi connectivity index (χ2n) is 12.1. The average Bonchev–Trinajstić information content (AvgIpc) is 3.47. The third kappa shape index (κ3) is 9.23. The van der Waals surface area contributed by atoms with Gasteiger partial charge in [0.25, 0.3) is 0 Å². The predicted octanol–water partition coefficient (Wildman–Crippen LogP) is 7.51. The predicted molar refractivity (Wildman–Crippen MR) is 188 cm³/mol. The highest BCUT2D eigenvalue weighted by Gasteiger charge is 2.22. The summed E-state index contributed by atoms with van der Waals surface area (Å²) in [5, 5.41) is 16.0. The van der Waals surface area contributed by atoms with Crippen molar-refractivity contribution >= 4 is 28.3 Å². The highest BCUT2D eigenvalue weighted by Crippen LogP contribution is 2.34. The number of ether oxygens (including phenoxy) is 2. The zero-order valence-electron chi connectivity index (χ0n) is 28.0. The van der Waals surface area contributed by atoms with Crippen molar-refractivity contribution in [3.63, 3.8) is 0 Å². The van der Waals surface area contributed by atoms with Crippen LogP contribution in [0, 0.1) is 13.8 Å². The van der Waals surface area contributed by atoms with Gasteiger partial charge in [0.1, 0.15) is 5.82 Å². The Balaban J connectivity index is 0.000000468. The lowest BCUT2D eigenvalue weighted by atomic mass is 9.92. The van der Waals surface area contributed by atoms with E-state index in [1.54, 1.807) is 25.1 Å². The summed E-state index contributed by atoms with van der Waals surface area (Å²) in [7, 11) is 3.38. The van der Waals surface area contributed by atoms with Crippen molar-refractivity contribution in [2.75, 3.05) is 51.2 Å². The van der Waals surface area contributed by atoms with E-state index in [0.29, 0.717) is 5.82 Å². The summed E-state index contributed by atoms with van der Waals surface area (Å²) in [6.45, 7) is 13.6. The Labute approximate surface area is 272 Å². The van der Waals surface area contributed by atoms with Gasteiger partial charge in [0, 0.05) is 49.9 Å². The normalized spacial score (nSPS) is 11.2. The fourth-order valence-electron chi connectivity index (χ4n) is 4.76. The highest BCUT2D eigenvalue weighted by atomic mass is 16.5. The van der Waals surface area contributed by atoms with Gasteiger partial charge in [-0.1, -0.05) is 80.9 Å². The van der Waals surface area contributed by atoms with Crippen molar-refractivity contribution in [1.29, 1.82) is 0 Å². The number of carbonyl (C=O) groups is 1. The number of hydrogen-bond donors (Lipinski definition) is 3. The Morgan fingerprint density at radius 1 is 0.826 bits per heavy atom.